The SMILES string of the molecule is CCCCOc1ccc(C2c3c(oc4cc(C)c(Cl)cc4c3=O)C(=O)N2Cc2ccc(C)cc2)cc1OC. The number of carbonyl (C=O) groups is 1. The van der Waals surface area contributed by atoms with E-state index in [0.29, 0.717) is 46.2 Å². The number of benzene rings is 3. The van der Waals surface area contributed by atoms with Gasteiger partial charge in [0.25, 0.3) is 5.91 Å². The van der Waals surface area contributed by atoms with Gasteiger partial charge < -0.3 is 18.8 Å². The summed E-state index contributed by atoms with van der Waals surface area (Å²) < 4.78 is 17.7. The Morgan fingerprint density at radius 1 is 1.00 bits per heavy atom. The monoisotopic (exact) mass is 531 g/mol. The van der Waals surface area contributed by atoms with Crippen LogP contribution in [-0.4, -0.2) is 24.5 Å². The number of carbonyl (C=O) groups excluding carboxylic acids is 1. The summed E-state index contributed by atoms with van der Waals surface area (Å²) in [7, 11) is 1.58. The van der Waals surface area contributed by atoms with E-state index in [-0.39, 0.29) is 17.1 Å². The topological polar surface area (TPSA) is 69.0 Å². The molecule has 0 N–H and O–H groups in total. The highest BCUT2D eigenvalue weighted by atomic mass is 35.5. The summed E-state index contributed by atoms with van der Waals surface area (Å²) in [6.45, 7) is 6.83. The molecule has 4 aromatic rings. The molecule has 1 aromatic heterocycles. The summed E-state index contributed by atoms with van der Waals surface area (Å²) >= 11 is 6.36. The Morgan fingerprint density at radius 3 is 2.47 bits per heavy atom. The van der Waals surface area contributed by atoms with Crippen LogP contribution in [0, 0.1) is 13.8 Å². The summed E-state index contributed by atoms with van der Waals surface area (Å²) in [5.74, 6) is 0.883. The zero-order chi connectivity index (χ0) is 27.0. The molecule has 7 heteroatoms. The fourth-order valence-electron chi connectivity index (χ4n) is 4.84. The molecule has 0 saturated heterocycles. The Labute approximate surface area is 226 Å². The summed E-state index contributed by atoms with van der Waals surface area (Å²) in [6, 6.07) is 16.2. The Kier molecular flexibility index (Phi) is 7.17. The van der Waals surface area contributed by atoms with Crippen LogP contribution in [0.15, 0.2) is 63.8 Å². The molecule has 1 atom stereocenters. The molecule has 0 fully saturated rings. The number of fused-ring (bicyclic) bond motifs is 2. The van der Waals surface area contributed by atoms with Gasteiger partial charge in [-0.15, -0.1) is 0 Å². The molecule has 1 aliphatic rings. The number of unbranched alkanes of at least 4 members (excludes halogenated alkanes) is 1. The standard InChI is InChI=1S/C31H30ClNO5/c1-5-6-13-37-24-12-11-21(15-26(24)36-4)28-27-29(34)22-16-23(32)19(3)14-25(22)38-30(27)31(35)33(28)17-20-9-7-18(2)8-10-20/h7-12,14-16,28H,5-6,13,17H2,1-4H3. The number of nitrogens with zero attached hydrogens (tertiary/aromatic N) is 1. The average Bonchev–Trinajstić information content (AvgIpc) is 3.18. The number of rotatable bonds is 8. The lowest BCUT2D eigenvalue weighted by Gasteiger charge is -2.26. The number of methoxy groups -OCH3 is 1. The van der Waals surface area contributed by atoms with E-state index in [9.17, 15) is 9.59 Å². The van der Waals surface area contributed by atoms with Crippen LogP contribution in [0.5, 0.6) is 11.5 Å². The smallest absolute Gasteiger partial charge is 0.291 e. The van der Waals surface area contributed by atoms with Crippen molar-refractivity contribution in [3.63, 3.8) is 0 Å². The largest absolute Gasteiger partial charge is 0.493 e. The molecular formula is C31H30ClNO5. The summed E-state index contributed by atoms with van der Waals surface area (Å²) in [5.41, 5.74) is 3.95. The maximum absolute atomic E-state index is 13.9. The van der Waals surface area contributed by atoms with Crippen LogP contribution in [0.1, 0.15) is 64.2 Å². The van der Waals surface area contributed by atoms with Gasteiger partial charge >= 0.3 is 0 Å². The third-order valence-electron chi connectivity index (χ3n) is 6.98. The van der Waals surface area contributed by atoms with E-state index in [4.69, 9.17) is 25.5 Å². The third kappa shape index (κ3) is 4.65. The van der Waals surface area contributed by atoms with E-state index in [1.54, 1.807) is 24.1 Å². The van der Waals surface area contributed by atoms with Crippen molar-refractivity contribution in [3.8, 4) is 11.5 Å². The molecule has 0 bridgehead atoms. The van der Waals surface area contributed by atoms with Gasteiger partial charge in [0.1, 0.15) is 5.58 Å². The van der Waals surface area contributed by atoms with Gasteiger partial charge in [0, 0.05) is 11.6 Å². The van der Waals surface area contributed by atoms with Crippen LogP contribution in [-0.2, 0) is 6.54 Å². The lowest BCUT2D eigenvalue weighted by atomic mass is 9.97. The lowest BCUT2D eigenvalue weighted by molar-refractivity contribution is 0.0714. The van der Waals surface area contributed by atoms with Gasteiger partial charge in [-0.05, 0) is 61.2 Å². The average molecular weight is 532 g/mol. The molecule has 5 rings (SSSR count). The van der Waals surface area contributed by atoms with Crippen molar-refractivity contribution in [2.45, 2.75) is 46.2 Å². The first-order valence-electron chi connectivity index (χ1n) is 12.8. The molecule has 0 spiro atoms. The van der Waals surface area contributed by atoms with Crippen LogP contribution < -0.4 is 14.9 Å². The van der Waals surface area contributed by atoms with Crippen molar-refractivity contribution in [1.82, 2.24) is 4.90 Å². The van der Waals surface area contributed by atoms with Crippen molar-refractivity contribution in [3.05, 3.63) is 103 Å². The van der Waals surface area contributed by atoms with Gasteiger partial charge in [0.2, 0.25) is 5.76 Å². The number of aryl methyl sites for hydroxylation is 2. The summed E-state index contributed by atoms with van der Waals surface area (Å²) in [6.07, 6.45) is 1.94. The highest BCUT2D eigenvalue weighted by molar-refractivity contribution is 6.32. The number of hydrogen-bond donors (Lipinski definition) is 0. The van der Waals surface area contributed by atoms with Gasteiger partial charge in [-0.2, -0.15) is 0 Å². The molecule has 1 amide bonds. The van der Waals surface area contributed by atoms with Crippen LogP contribution in [0.2, 0.25) is 5.02 Å². The van der Waals surface area contributed by atoms with Gasteiger partial charge in [-0.3, -0.25) is 9.59 Å². The normalized spacial score (nSPS) is 14.7. The van der Waals surface area contributed by atoms with Gasteiger partial charge in [0.15, 0.2) is 16.9 Å². The predicted molar refractivity (Wildman–Crippen MR) is 149 cm³/mol. The molecule has 0 saturated carbocycles. The lowest BCUT2D eigenvalue weighted by Crippen LogP contribution is -2.29. The maximum atomic E-state index is 13.9. The Hall–Kier alpha value is -3.77. The first-order valence-corrected chi connectivity index (χ1v) is 13.1. The minimum Gasteiger partial charge on any atom is -0.493 e. The van der Waals surface area contributed by atoms with Crippen molar-refractivity contribution < 1.29 is 18.7 Å². The second-order valence-electron chi connectivity index (χ2n) is 9.71. The van der Waals surface area contributed by atoms with Crippen molar-refractivity contribution in [2.24, 2.45) is 0 Å². The molecule has 196 valence electrons. The van der Waals surface area contributed by atoms with Crippen molar-refractivity contribution >= 4 is 28.5 Å². The van der Waals surface area contributed by atoms with Crippen molar-refractivity contribution in [1.29, 1.82) is 0 Å². The highest BCUT2D eigenvalue weighted by Crippen LogP contribution is 2.42. The second kappa shape index (κ2) is 10.5. The number of halogens is 1. The van der Waals surface area contributed by atoms with E-state index >= 15 is 0 Å². The van der Waals surface area contributed by atoms with E-state index in [1.807, 2.05) is 56.3 Å². The number of hydrogen-bond acceptors (Lipinski definition) is 5. The van der Waals surface area contributed by atoms with E-state index in [2.05, 4.69) is 6.92 Å². The zero-order valence-corrected chi connectivity index (χ0v) is 22.7. The van der Waals surface area contributed by atoms with Crippen LogP contribution >= 0.6 is 11.6 Å². The molecule has 1 unspecified atom stereocenters. The van der Waals surface area contributed by atoms with Crippen LogP contribution in [0.4, 0.5) is 0 Å². The molecule has 2 heterocycles. The summed E-state index contributed by atoms with van der Waals surface area (Å²) in [5, 5.41) is 0.818. The van der Waals surface area contributed by atoms with Crippen LogP contribution in [0.3, 0.4) is 0 Å². The molecule has 3 aromatic carbocycles. The molecule has 0 aliphatic carbocycles. The molecule has 1 aliphatic heterocycles. The molecule has 0 radical (unpaired) electrons. The Bertz CT molecular complexity index is 1570. The third-order valence-corrected chi connectivity index (χ3v) is 7.39. The second-order valence-corrected chi connectivity index (χ2v) is 10.1. The summed E-state index contributed by atoms with van der Waals surface area (Å²) in [4.78, 5) is 29.4. The Balaban J connectivity index is 1.67. The minimum atomic E-state index is -0.668. The first-order chi connectivity index (χ1) is 18.3. The quantitative estimate of drug-likeness (QED) is 0.229. The van der Waals surface area contributed by atoms with Gasteiger partial charge in [-0.25, -0.2) is 0 Å². The van der Waals surface area contributed by atoms with Gasteiger partial charge in [0.05, 0.1) is 30.7 Å². The fraction of sp³-hybridized carbons (Fsp3) is 0.290. The molecular weight excluding hydrogens is 502 g/mol. The van der Waals surface area contributed by atoms with Gasteiger partial charge in [-0.1, -0.05) is 60.8 Å². The predicted octanol–water partition coefficient (Wildman–Crippen LogP) is 7.00. The number of ether oxygens (including phenoxy) is 2. The zero-order valence-electron chi connectivity index (χ0n) is 22.0. The highest BCUT2D eigenvalue weighted by Gasteiger charge is 2.43. The van der Waals surface area contributed by atoms with Crippen LogP contribution in [0.25, 0.3) is 11.0 Å². The van der Waals surface area contributed by atoms with E-state index in [1.165, 1.54) is 0 Å². The molecule has 38 heavy (non-hydrogen) atoms. The minimum absolute atomic E-state index is 0.0589. The number of amides is 1. The maximum Gasteiger partial charge on any atom is 0.291 e. The Morgan fingerprint density at radius 2 is 1.76 bits per heavy atom. The van der Waals surface area contributed by atoms with Crippen molar-refractivity contribution in [2.75, 3.05) is 13.7 Å². The van der Waals surface area contributed by atoms with E-state index in [0.717, 1.165) is 35.1 Å². The van der Waals surface area contributed by atoms with E-state index < -0.39 is 6.04 Å². The fourth-order valence-corrected chi connectivity index (χ4v) is 5.00. The first kappa shape index (κ1) is 25.9. The molecule has 6 nitrogen and oxygen atoms in total.